The van der Waals surface area contributed by atoms with Gasteiger partial charge in [0.05, 0.1) is 0 Å². The van der Waals surface area contributed by atoms with Crippen LogP contribution < -0.4 is 10.6 Å². The van der Waals surface area contributed by atoms with Crippen LogP contribution in [-0.2, 0) is 0 Å². The van der Waals surface area contributed by atoms with Crippen molar-refractivity contribution in [3.8, 4) is 5.95 Å². The molecule has 7 heteroatoms. The second kappa shape index (κ2) is 5.85. The van der Waals surface area contributed by atoms with Crippen molar-refractivity contribution in [1.82, 2.24) is 24.7 Å². The van der Waals surface area contributed by atoms with Crippen LogP contribution in [0.15, 0.2) is 18.5 Å². The SMILES string of the molecule is CCNc1nc(NC(C)(C)CC)nc(-n2cccn2)n1. The Kier molecular flexibility index (Phi) is 4.16. The highest BCUT2D eigenvalue weighted by Gasteiger charge is 2.17. The third kappa shape index (κ3) is 3.43. The van der Waals surface area contributed by atoms with Crippen LogP contribution in [0, 0.1) is 0 Å². The van der Waals surface area contributed by atoms with Crippen LogP contribution in [0.5, 0.6) is 0 Å². The fourth-order valence-electron chi connectivity index (χ4n) is 1.54. The molecule has 0 bridgehead atoms. The minimum atomic E-state index is -0.0772. The van der Waals surface area contributed by atoms with E-state index in [2.05, 4.69) is 51.5 Å². The van der Waals surface area contributed by atoms with E-state index in [4.69, 9.17) is 0 Å². The van der Waals surface area contributed by atoms with E-state index in [-0.39, 0.29) is 5.54 Å². The van der Waals surface area contributed by atoms with E-state index in [1.165, 1.54) is 0 Å². The van der Waals surface area contributed by atoms with Gasteiger partial charge in [-0.2, -0.15) is 20.1 Å². The molecule has 0 aliphatic carbocycles. The van der Waals surface area contributed by atoms with E-state index in [1.807, 2.05) is 13.0 Å². The van der Waals surface area contributed by atoms with Crippen molar-refractivity contribution >= 4 is 11.9 Å². The van der Waals surface area contributed by atoms with Crippen LogP contribution in [0.4, 0.5) is 11.9 Å². The average molecular weight is 275 g/mol. The van der Waals surface area contributed by atoms with Gasteiger partial charge in [-0.3, -0.25) is 0 Å². The zero-order valence-corrected chi connectivity index (χ0v) is 12.4. The van der Waals surface area contributed by atoms with E-state index >= 15 is 0 Å². The van der Waals surface area contributed by atoms with Crippen molar-refractivity contribution in [2.24, 2.45) is 0 Å². The van der Waals surface area contributed by atoms with Gasteiger partial charge in [0.15, 0.2) is 0 Å². The molecule has 0 atom stereocenters. The first kappa shape index (κ1) is 14.2. The summed E-state index contributed by atoms with van der Waals surface area (Å²) in [6.07, 6.45) is 4.46. The Bertz CT molecular complexity index is 548. The minimum Gasteiger partial charge on any atom is -0.354 e. The lowest BCUT2D eigenvalue weighted by molar-refractivity contribution is 0.541. The molecule has 2 rings (SSSR count). The maximum Gasteiger partial charge on any atom is 0.257 e. The molecule has 0 aliphatic rings. The van der Waals surface area contributed by atoms with Gasteiger partial charge >= 0.3 is 0 Å². The zero-order valence-electron chi connectivity index (χ0n) is 12.4. The number of nitrogens with zero attached hydrogens (tertiary/aromatic N) is 5. The third-order valence-electron chi connectivity index (χ3n) is 3.00. The number of hydrogen-bond donors (Lipinski definition) is 2. The molecule has 0 radical (unpaired) electrons. The first-order chi connectivity index (χ1) is 9.54. The van der Waals surface area contributed by atoms with Crippen molar-refractivity contribution in [2.75, 3.05) is 17.2 Å². The van der Waals surface area contributed by atoms with Crippen molar-refractivity contribution in [2.45, 2.75) is 39.7 Å². The second-order valence-corrected chi connectivity index (χ2v) is 5.13. The van der Waals surface area contributed by atoms with Crippen molar-refractivity contribution < 1.29 is 0 Å². The third-order valence-corrected chi connectivity index (χ3v) is 3.00. The largest absolute Gasteiger partial charge is 0.354 e. The highest BCUT2D eigenvalue weighted by Crippen LogP contribution is 2.16. The molecule has 0 saturated heterocycles. The number of aromatic nitrogens is 5. The minimum absolute atomic E-state index is 0.0772. The summed E-state index contributed by atoms with van der Waals surface area (Å²) in [6.45, 7) is 9.09. The molecule has 7 nitrogen and oxygen atoms in total. The lowest BCUT2D eigenvalue weighted by Gasteiger charge is -2.24. The van der Waals surface area contributed by atoms with Gasteiger partial charge in [0.1, 0.15) is 0 Å². The van der Waals surface area contributed by atoms with E-state index in [0.29, 0.717) is 17.8 Å². The van der Waals surface area contributed by atoms with Gasteiger partial charge in [-0.15, -0.1) is 0 Å². The molecular weight excluding hydrogens is 254 g/mol. The highest BCUT2D eigenvalue weighted by molar-refractivity contribution is 5.39. The van der Waals surface area contributed by atoms with Crippen LogP contribution in [-0.4, -0.2) is 36.8 Å². The van der Waals surface area contributed by atoms with Gasteiger partial charge in [0.2, 0.25) is 11.9 Å². The summed E-state index contributed by atoms with van der Waals surface area (Å²) in [5, 5.41) is 10.6. The molecule has 0 aromatic carbocycles. The normalized spacial score (nSPS) is 11.4. The van der Waals surface area contributed by atoms with Crippen LogP contribution >= 0.6 is 0 Å². The van der Waals surface area contributed by atoms with E-state index in [1.54, 1.807) is 17.1 Å². The summed E-state index contributed by atoms with van der Waals surface area (Å²) in [6, 6.07) is 1.83. The molecule has 0 unspecified atom stereocenters. The van der Waals surface area contributed by atoms with E-state index in [0.717, 1.165) is 13.0 Å². The van der Waals surface area contributed by atoms with E-state index in [9.17, 15) is 0 Å². The van der Waals surface area contributed by atoms with Crippen LogP contribution in [0.2, 0.25) is 0 Å². The Morgan fingerprint density at radius 3 is 2.50 bits per heavy atom. The maximum atomic E-state index is 4.42. The molecule has 20 heavy (non-hydrogen) atoms. The van der Waals surface area contributed by atoms with Gasteiger partial charge < -0.3 is 10.6 Å². The molecule has 108 valence electrons. The summed E-state index contributed by atoms with van der Waals surface area (Å²) in [5.41, 5.74) is -0.0772. The van der Waals surface area contributed by atoms with Crippen LogP contribution in [0.1, 0.15) is 34.1 Å². The van der Waals surface area contributed by atoms with Crippen molar-refractivity contribution in [3.05, 3.63) is 18.5 Å². The molecule has 2 aromatic heterocycles. The van der Waals surface area contributed by atoms with Gasteiger partial charge in [0, 0.05) is 24.5 Å². The molecule has 2 aromatic rings. The maximum absolute atomic E-state index is 4.42. The Morgan fingerprint density at radius 1 is 1.15 bits per heavy atom. The van der Waals surface area contributed by atoms with Crippen molar-refractivity contribution in [3.63, 3.8) is 0 Å². The average Bonchev–Trinajstić information content (AvgIpc) is 2.92. The summed E-state index contributed by atoms with van der Waals surface area (Å²) < 4.78 is 1.62. The lowest BCUT2D eigenvalue weighted by Crippen LogP contribution is -2.31. The Morgan fingerprint density at radius 2 is 1.90 bits per heavy atom. The monoisotopic (exact) mass is 275 g/mol. The fraction of sp³-hybridized carbons (Fsp3) is 0.538. The quantitative estimate of drug-likeness (QED) is 0.840. The summed E-state index contributed by atoms with van der Waals surface area (Å²) in [5.74, 6) is 1.59. The topological polar surface area (TPSA) is 80.5 Å². The fourth-order valence-corrected chi connectivity index (χ4v) is 1.54. The number of anilines is 2. The Labute approximate surface area is 118 Å². The van der Waals surface area contributed by atoms with Gasteiger partial charge in [0.25, 0.3) is 5.95 Å². The molecule has 0 fully saturated rings. The first-order valence-corrected chi connectivity index (χ1v) is 6.82. The Hall–Kier alpha value is -2.18. The summed E-state index contributed by atoms with van der Waals surface area (Å²) in [4.78, 5) is 13.1. The molecule has 0 aliphatic heterocycles. The molecule has 0 saturated carbocycles. The van der Waals surface area contributed by atoms with Crippen LogP contribution in [0.3, 0.4) is 0 Å². The molecule has 0 amide bonds. The number of nitrogens with one attached hydrogen (secondary N) is 2. The van der Waals surface area contributed by atoms with Gasteiger partial charge in [-0.25, -0.2) is 4.68 Å². The Balaban J connectivity index is 2.36. The van der Waals surface area contributed by atoms with Gasteiger partial charge in [-0.05, 0) is 33.3 Å². The predicted octanol–water partition coefficient (Wildman–Crippen LogP) is 2.09. The summed E-state index contributed by atoms with van der Waals surface area (Å²) >= 11 is 0. The molecule has 2 N–H and O–H groups in total. The molecule has 2 heterocycles. The molecular formula is C13H21N7. The predicted molar refractivity (Wildman–Crippen MR) is 79.1 cm³/mol. The summed E-state index contributed by atoms with van der Waals surface area (Å²) in [7, 11) is 0. The molecule has 0 spiro atoms. The zero-order chi connectivity index (χ0) is 14.6. The standard InChI is InChI=1S/C13H21N7/c1-5-13(3,4)19-11-16-10(14-6-2)17-12(18-11)20-9-7-8-15-20/h7-9H,5-6H2,1-4H3,(H2,14,16,17,18,19). The number of hydrogen-bond acceptors (Lipinski definition) is 6. The second-order valence-electron chi connectivity index (χ2n) is 5.13. The van der Waals surface area contributed by atoms with E-state index < -0.39 is 0 Å². The number of rotatable bonds is 6. The highest BCUT2D eigenvalue weighted by atomic mass is 15.4. The lowest BCUT2D eigenvalue weighted by atomic mass is 10.0. The van der Waals surface area contributed by atoms with Crippen LogP contribution in [0.25, 0.3) is 5.95 Å². The smallest absolute Gasteiger partial charge is 0.257 e. The van der Waals surface area contributed by atoms with Gasteiger partial charge in [-0.1, -0.05) is 6.92 Å². The first-order valence-electron chi connectivity index (χ1n) is 6.82. The van der Waals surface area contributed by atoms with Crippen molar-refractivity contribution in [1.29, 1.82) is 0 Å².